The number of imidazole rings is 1. The van der Waals surface area contributed by atoms with Crippen molar-refractivity contribution in [3.05, 3.63) is 54.2 Å². The monoisotopic (exact) mass is 364 g/mol. The molecule has 0 spiro atoms. The van der Waals surface area contributed by atoms with Gasteiger partial charge in [0.1, 0.15) is 28.6 Å². The van der Waals surface area contributed by atoms with Crippen LogP contribution in [-0.4, -0.2) is 41.1 Å². The molecule has 0 saturated heterocycles. The molecule has 2 aromatic heterocycles. The zero-order chi connectivity index (χ0) is 18.8. The van der Waals surface area contributed by atoms with Crippen molar-refractivity contribution in [3.8, 4) is 28.6 Å². The number of H-pyrrole nitrogens is 1. The predicted molar refractivity (Wildman–Crippen MR) is 103 cm³/mol. The molecule has 0 bridgehead atoms. The molecule has 0 aliphatic rings. The maximum absolute atomic E-state index is 5.49. The Kier molecular flexibility index (Phi) is 4.42. The van der Waals surface area contributed by atoms with Gasteiger partial charge in [0.15, 0.2) is 5.65 Å². The highest BCUT2D eigenvalue weighted by Crippen LogP contribution is 2.32. The maximum Gasteiger partial charge on any atom is 0.177 e. The van der Waals surface area contributed by atoms with Crippen LogP contribution in [0.2, 0.25) is 0 Å². The number of methoxy groups -OCH3 is 3. The number of fused-ring (bicyclic) bond motifs is 1. The Balaban J connectivity index is 1.73. The fraction of sp³-hybridized carbons (Fsp3) is 0.200. The van der Waals surface area contributed by atoms with E-state index < -0.39 is 0 Å². The molecule has 2 aromatic carbocycles. The van der Waals surface area contributed by atoms with E-state index in [4.69, 9.17) is 19.2 Å². The Morgan fingerprint density at radius 1 is 0.963 bits per heavy atom. The number of nitrogens with one attached hydrogen (secondary N) is 1. The second-order valence-electron chi connectivity index (χ2n) is 6.00. The molecule has 0 radical (unpaired) electrons. The van der Waals surface area contributed by atoms with Gasteiger partial charge in [-0.1, -0.05) is 18.2 Å². The molecule has 27 heavy (non-hydrogen) atoms. The zero-order valence-electron chi connectivity index (χ0n) is 15.4. The van der Waals surface area contributed by atoms with E-state index in [1.807, 2.05) is 47.1 Å². The summed E-state index contributed by atoms with van der Waals surface area (Å²) in [4.78, 5) is 8.05. The van der Waals surface area contributed by atoms with Crippen LogP contribution in [0.1, 0.15) is 5.56 Å². The van der Waals surface area contributed by atoms with Gasteiger partial charge in [-0.05, 0) is 18.2 Å². The minimum Gasteiger partial charge on any atom is -0.497 e. The van der Waals surface area contributed by atoms with Gasteiger partial charge in [0.25, 0.3) is 0 Å². The maximum atomic E-state index is 5.49. The smallest absolute Gasteiger partial charge is 0.177 e. The summed E-state index contributed by atoms with van der Waals surface area (Å²) in [5, 5.41) is 4.45. The fourth-order valence-electron chi connectivity index (χ4n) is 3.08. The Hall–Kier alpha value is -3.48. The first-order valence-electron chi connectivity index (χ1n) is 8.49. The van der Waals surface area contributed by atoms with E-state index >= 15 is 0 Å². The molecular weight excluding hydrogens is 344 g/mol. The molecule has 0 amide bonds. The molecule has 2 heterocycles. The standard InChI is InChI=1S/C20H20N4O3/c1-25-14-8-9-15(18(10-14)27-3)19-22-16-11-21-24(20(16)23-19)12-13-6-4-5-7-17(13)26-2/h4-11H,12H2,1-3H3,(H,22,23). The van der Waals surface area contributed by atoms with Crippen molar-refractivity contribution in [1.29, 1.82) is 0 Å². The van der Waals surface area contributed by atoms with E-state index in [1.54, 1.807) is 27.5 Å². The van der Waals surface area contributed by atoms with Crippen LogP contribution in [0.25, 0.3) is 22.6 Å². The third kappa shape index (κ3) is 3.08. The molecule has 0 unspecified atom stereocenters. The third-order valence-electron chi connectivity index (χ3n) is 4.46. The van der Waals surface area contributed by atoms with Crippen LogP contribution in [0.5, 0.6) is 17.2 Å². The van der Waals surface area contributed by atoms with Crippen molar-refractivity contribution < 1.29 is 14.2 Å². The van der Waals surface area contributed by atoms with Gasteiger partial charge in [0.2, 0.25) is 0 Å². The molecule has 138 valence electrons. The SMILES string of the molecule is COc1ccc(-c2nc3c(cnn3Cc3ccccc3OC)[nH]2)c(OC)c1. The van der Waals surface area contributed by atoms with Gasteiger partial charge in [-0.15, -0.1) is 0 Å². The van der Waals surface area contributed by atoms with E-state index in [0.29, 0.717) is 12.3 Å². The molecule has 0 aliphatic heterocycles. The molecule has 7 heteroatoms. The Bertz CT molecular complexity index is 1080. The van der Waals surface area contributed by atoms with Crippen molar-refractivity contribution in [2.45, 2.75) is 6.54 Å². The van der Waals surface area contributed by atoms with Crippen molar-refractivity contribution in [3.63, 3.8) is 0 Å². The van der Waals surface area contributed by atoms with Crippen molar-refractivity contribution in [1.82, 2.24) is 19.7 Å². The summed E-state index contributed by atoms with van der Waals surface area (Å²) in [6.45, 7) is 0.567. The lowest BCUT2D eigenvalue weighted by Crippen LogP contribution is -2.03. The number of hydrogen-bond acceptors (Lipinski definition) is 5. The van der Waals surface area contributed by atoms with Crippen LogP contribution in [0.3, 0.4) is 0 Å². The Morgan fingerprint density at radius 2 is 1.78 bits per heavy atom. The molecule has 0 atom stereocenters. The highest BCUT2D eigenvalue weighted by Gasteiger charge is 2.15. The van der Waals surface area contributed by atoms with E-state index in [2.05, 4.69) is 10.1 Å². The minimum atomic E-state index is 0.567. The number of nitrogens with zero attached hydrogens (tertiary/aromatic N) is 3. The highest BCUT2D eigenvalue weighted by atomic mass is 16.5. The number of aromatic nitrogens is 4. The first kappa shape index (κ1) is 17.0. The van der Waals surface area contributed by atoms with Gasteiger partial charge in [0.05, 0.1) is 39.6 Å². The second kappa shape index (κ2) is 7.03. The van der Waals surface area contributed by atoms with Gasteiger partial charge in [-0.2, -0.15) is 5.10 Å². The van der Waals surface area contributed by atoms with Gasteiger partial charge in [-0.3, -0.25) is 0 Å². The van der Waals surface area contributed by atoms with Crippen LogP contribution >= 0.6 is 0 Å². The average molecular weight is 364 g/mol. The lowest BCUT2D eigenvalue weighted by molar-refractivity contribution is 0.395. The van der Waals surface area contributed by atoms with E-state index in [1.165, 1.54) is 0 Å². The first-order chi connectivity index (χ1) is 13.2. The quantitative estimate of drug-likeness (QED) is 0.567. The number of aromatic amines is 1. The summed E-state index contributed by atoms with van der Waals surface area (Å²) in [7, 11) is 4.92. The van der Waals surface area contributed by atoms with E-state index in [-0.39, 0.29) is 0 Å². The molecule has 0 fully saturated rings. The lowest BCUT2D eigenvalue weighted by Gasteiger charge is -2.09. The van der Waals surface area contributed by atoms with Crippen LogP contribution in [0.15, 0.2) is 48.7 Å². The Morgan fingerprint density at radius 3 is 2.56 bits per heavy atom. The molecule has 0 saturated carbocycles. The summed E-state index contributed by atoms with van der Waals surface area (Å²) < 4.78 is 18.0. The summed E-state index contributed by atoms with van der Waals surface area (Å²) in [6, 6.07) is 13.5. The van der Waals surface area contributed by atoms with E-state index in [0.717, 1.165) is 39.6 Å². The number of para-hydroxylation sites is 1. The van der Waals surface area contributed by atoms with Gasteiger partial charge in [-0.25, -0.2) is 9.67 Å². The largest absolute Gasteiger partial charge is 0.497 e. The van der Waals surface area contributed by atoms with Crippen LogP contribution in [0.4, 0.5) is 0 Å². The summed E-state index contributed by atoms with van der Waals surface area (Å²) in [5.41, 5.74) is 3.53. The minimum absolute atomic E-state index is 0.567. The van der Waals surface area contributed by atoms with Crippen molar-refractivity contribution in [2.75, 3.05) is 21.3 Å². The molecule has 4 rings (SSSR count). The predicted octanol–water partition coefficient (Wildman–Crippen LogP) is 3.50. The van der Waals surface area contributed by atoms with Crippen LogP contribution in [-0.2, 0) is 6.54 Å². The highest BCUT2D eigenvalue weighted by molar-refractivity contribution is 5.78. The lowest BCUT2D eigenvalue weighted by atomic mass is 10.2. The first-order valence-corrected chi connectivity index (χ1v) is 8.49. The topological polar surface area (TPSA) is 74.2 Å². The third-order valence-corrected chi connectivity index (χ3v) is 4.46. The molecule has 4 aromatic rings. The van der Waals surface area contributed by atoms with Gasteiger partial charge < -0.3 is 19.2 Å². The number of ether oxygens (including phenoxy) is 3. The molecule has 7 nitrogen and oxygen atoms in total. The van der Waals surface area contributed by atoms with Gasteiger partial charge in [0, 0.05) is 11.6 Å². The fourth-order valence-corrected chi connectivity index (χ4v) is 3.08. The zero-order valence-corrected chi connectivity index (χ0v) is 15.4. The summed E-state index contributed by atoms with van der Waals surface area (Å²) in [6.07, 6.45) is 1.78. The molecule has 1 N–H and O–H groups in total. The van der Waals surface area contributed by atoms with Crippen molar-refractivity contribution in [2.24, 2.45) is 0 Å². The van der Waals surface area contributed by atoms with E-state index in [9.17, 15) is 0 Å². The normalized spacial score (nSPS) is 10.9. The number of rotatable bonds is 6. The number of benzene rings is 2. The molecule has 0 aliphatic carbocycles. The summed E-state index contributed by atoms with van der Waals surface area (Å²) >= 11 is 0. The number of hydrogen-bond donors (Lipinski definition) is 1. The average Bonchev–Trinajstić information content (AvgIpc) is 3.29. The van der Waals surface area contributed by atoms with Crippen LogP contribution in [0, 0.1) is 0 Å². The summed E-state index contributed by atoms with van der Waals surface area (Å²) in [5.74, 6) is 2.97. The second-order valence-corrected chi connectivity index (χ2v) is 6.00. The van der Waals surface area contributed by atoms with Gasteiger partial charge >= 0.3 is 0 Å². The Labute approximate surface area is 156 Å². The van der Waals surface area contributed by atoms with Crippen LogP contribution < -0.4 is 14.2 Å². The van der Waals surface area contributed by atoms with Crippen molar-refractivity contribution >= 4 is 11.2 Å². The molecular formula is C20H20N4O3.